The summed E-state index contributed by atoms with van der Waals surface area (Å²) in [6.45, 7) is 5.67. The minimum Gasteiger partial charge on any atom is -0.448 e. The van der Waals surface area contributed by atoms with Gasteiger partial charge in [-0.1, -0.05) is 32.4 Å². The molecule has 0 bridgehead atoms. The van der Waals surface area contributed by atoms with Crippen LogP contribution in [0, 0.1) is 5.41 Å². The summed E-state index contributed by atoms with van der Waals surface area (Å²) in [5, 5.41) is 2.93. The molecule has 1 rings (SSSR count). The molecule has 1 atom stereocenters. The number of nitrogens with zero attached hydrogens (tertiary/aromatic N) is 2. The Morgan fingerprint density at radius 1 is 1.40 bits per heavy atom. The third-order valence-corrected chi connectivity index (χ3v) is 2.79. The quantitative estimate of drug-likeness (QED) is 0.873. The van der Waals surface area contributed by atoms with Gasteiger partial charge in [-0.05, 0) is 5.41 Å². The molecular weight excluding hydrogens is 284 g/mol. The number of carbonyl (C=O) groups is 2. The second kappa shape index (κ2) is 6.51. The van der Waals surface area contributed by atoms with Gasteiger partial charge in [-0.15, -0.1) is 0 Å². The zero-order valence-electron chi connectivity index (χ0n) is 11.5. The van der Waals surface area contributed by atoms with Gasteiger partial charge in [0.05, 0.1) is 18.4 Å². The molecule has 1 unspecified atom stereocenters. The van der Waals surface area contributed by atoms with Gasteiger partial charge in [0.25, 0.3) is 5.91 Å². The third-order valence-electron chi connectivity index (χ3n) is 2.60. The lowest BCUT2D eigenvalue weighted by Crippen LogP contribution is -2.47. The number of ether oxygens (including phenoxy) is 1. The average Bonchev–Trinajstić information content (AvgIpc) is 2.33. The zero-order chi connectivity index (χ0) is 15.3. The van der Waals surface area contributed by atoms with Gasteiger partial charge in [0, 0.05) is 0 Å². The molecule has 20 heavy (non-hydrogen) atoms. The highest BCUT2D eigenvalue weighted by Crippen LogP contribution is 2.20. The Balaban J connectivity index is 2.76. The Labute approximate surface area is 121 Å². The number of halogens is 1. The third kappa shape index (κ3) is 5.00. The molecule has 3 N–H and O–H groups in total. The van der Waals surface area contributed by atoms with E-state index in [0.29, 0.717) is 0 Å². The van der Waals surface area contributed by atoms with Crippen molar-refractivity contribution in [2.75, 3.05) is 6.61 Å². The average molecular weight is 301 g/mol. The van der Waals surface area contributed by atoms with Crippen LogP contribution in [0.1, 0.15) is 31.3 Å². The summed E-state index contributed by atoms with van der Waals surface area (Å²) in [5.74, 6) is -0.429. The molecule has 0 saturated carbocycles. The molecule has 2 amide bonds. The minimum atomic E-state index is -0.889. The van der Waals surface area contributed by atoms with Crippen molar-refractivity contribution >= 4 is 23.6 Å². The van der Waals surface area contributed by atoms with Crippen molar-refractivity contribution < 1.29 is 14.3 Å². The van der Waals surface area contributed by atoms with Gasteiger partial charge in [-0.3, -0.25) is 4.79 Å². The molecular formula is C12H17ClN4O3. The molecule has 0 aliphatic rings. The maximum absolute atomic E-state index is 12.0. The highest BCUT2D eigenvalue weighted by molar-refractivity contribution is 6.29. The maximum atomic E-state index is 12.0. The largest absolute Gasteiger partial charge is 0.448 e. The first kappa shape index (κ1) is 16.2. The van der Waals surface area contributed by atoms with Crippen LogP contribution in [0.5, 0.6) is 0 Å². The van der Waals surface area contributed by atoms with Gasteiger partial charge in [0.15, 0.2) is 0 Å². The van der Waals surface area contributed by atoms with Crippen LogP contribution in [0.4, 0.5) is 4.79 Å². The Kier molecular flexibility index (Phi) is 5.26. The molecule has 0 fully saturated rings. The predicted octanol–water partition coefficient (Wildman–Crippen LogP) is 1.37. The highest BCUT2D eigenvalue weighted by Gasteiger charge is 2.28. The lowest BCUT2D eigenvalue weighted by atomic mass is 9.87. The van der Waals surface area contributed by atoms with E-state index in [1.54, 1.807) is 0 Å². The number of rotatable bonds is 4. The fourth-order valence-corrected chi connectivity index (χ4v) is 1.43. The maximum Gasteiger partial charge on any atom is 0.404 e. The molecule has 0 saturated heterocycles. The minimum absolute atomic E-state index is 0.0222. The smallest absolute Gasteiger partial charge is 0.404 e. The Bertz CT molecular complexity index is 484. The van der Waals surface area contributed by atoms with E-state index in [0.717, 1.165) is 0 Å². The van der Waals surface area contributed by atoms with Crippen molar-refractivity contribution in [3.63, 3.8) is 0 Å². The summed E-state index contributed by atoms with van der Waals surface area (Å²) in [6, 6.07) is -0.417. The molecule has 0 spiro atoms. The molecule has 7 nitrogen and oxygen atoms in total. The van der Waals surface area contributed by atoms with Gasteiger partial charge in [0.2, 0.25) is 0 Å². The van der Waals surface area contributed by atoms with Crippen LogP contribution in [-0.2, 0) is 4.74 Å². The number of hydrogen-bond donors (Lipinski definition) is 2. The Morgan fingerprint density at radius 2 is 2.05 bits per heavy atom. The fraction of sp³-hybridized carbons (Fsp3) is 0.500. The van der Waals surface area contributed by atoms with Crippen LogP contribution in [-0.4, -0.2) is 34.6 Å². The Hall–Kier alpha value is -1.89. The lowest BCUT2D eigenvalue weighted by molar-refractivity contribution is 0.0799. The molecule has 0 aliphatic carbocycles. The monoisotopic (exact) mass is 300 g/mol. The van der Waals surface area contributed by atoms with E-state index in [2.05, 4.69) is 15.3 Å². The molecule has 0 radical (unpaired) electrons. The second-order valence-electron chi connectivity index (χ2n) is 5.25. The van der Waals surface area contributed by atoms with Gasteiger partial charge < -0.3 is 15.8 Å². The number of nitrogens with one attached hydrogen (secondary N) is 1. The predicted molar refractivity (Wildman–Crippen MR) is 73.3 cm³/mol. The topological polar surface area (TPSA) is 107 Å². The highest BCUT2D eigenvalue weighted by atomic mass is 35.5. The molecule has 0 aromatic carbocycles. The molecule has 1 aromatic rings. The number of hydrogen-bond acceptors (Lipinski definition) is 5. The van der Waals surface area contributed by atoms with Crippen molar-refractivity contribution in [3.05, 3.63) is 23.2 Å². The summed E-state index contributed by atoms with van der Waals surface area (Å²) in [7, 11) is 0. The van der Waals surface area contributed by atoms with E-state index in [1.165, 1.54) is 12.4 Å². The first-order valence-electron chi connectivity index (χ1n) is 5.91. The van der Waals surface area contributed by atoms with Crippen molar-refractivity contribution in [1.82, 2.24) is 15.3 Å². The lowest BCUT2D eigenvalue weighted by Gasteiger charge is -2.30. The first-order valence-corrected chi connectivity index (χ1v) is 6.28. The van der Waals surface area contributed by atoms with E-state index in [-0.39, 0.29) is 22.9 Å². The van der Waals surface area contributed by atoms with Crippen molar-refractivity contribution in [2.45, 2.75) is 26.8 Å². The zero-order valence-corrected chi connectivity index (χ0v) is 12.3. The van der Waals surface area contributed by atoms with E-state index >= 15 is 0 Å². The normalized spacial score (nSPS) is 12.6. The summed E-state index contributed by atoms with van der Waals surface area (Å²) >= 11 is 5.60. The van der Waals surface area contributed by atoms with Crippen molar-refractivity contribution in [3.8, 4) is 0 Å². The van der Waals surface area contributed by atoms with Crippen LogP contribution in [0.3, 0.4) is 0 Å². The van der Waals surface area contributed by atoms with Crippen LogP contribution in [0.2, 0.25) is 5.15 Å². The van der Waals surface area contributed by atoms with Crippen molar-refractivity contribution in [1.29, 1.82) is 0 Å². The number of primary amides is 1. The summed E-state index contributed by atoms with van der Waals surface area (Å²) < 4.78 is 4.75. The SMILES string of the molecule is CC(C)(C)C(COC(N)=O)NC(=O)c1cnc(Cl)cn1. The Morgan fingerprint density at radius 3 is 2.50 bits per heavy atom. The van der Waals surface area contributed by atoms with E-state index in [9.17, 15) is 9.59 Å². The van der Waals surface area contributed by atoms with Crippen LogP contribution >= 0.6 is 11.6 Å². The van der Waals surface area contributed by atoms with Crippen LogP contribution < -0.4 is 11.1 Å². The molecule has 110 valence electrons. The fourth-order valence-electron chi connectivity index (χ4n) is 1.34. The summed E-state index contributed by atoms with van der Waals surface area (Å²) in [6.07, 6.45) is 1.66. The molecule has 1 heterocycles. The van der Waals surface area contributed by atoms with Gasteiger partial charge in [-0.25, -0.2) is 14.8 Å². The molecule has 8 heteroatoms. The van der Waals surface area contributed by atoms with E-state index in [1.807, 2.05) is 20.8 Å². The summed E-state index contributed by atoms with van der Waals surface area (Å²) in [5.41, 5.74) is 4.73. The van der Waals surface area contributed by atoms with Crippen LogP contribution in [0.15, 0.2) is 12.4 Å². The number of nitrogens with two attached hydrogens (primary N) is 1. The number of carbonyl (C=O) groups excluding carboxylic acids is 2. The van der Waals surface area contributed by atoms with Crippen molar-refractivity contribution in [2.24, 2.45) is 11.1 Å². The van der Waals surface area contributed by atoms with E-state index in [4.69, 9.17) is 22.1 Å². The van der Waals surface area contributed by atoms with Gasteiger partial charge >= 0.3 is 6.09 Å². The standard InChI is InChI=1S/C12H17ClN4O3/c1-12(2,3)8(6-20-11(14)19)17-10(18)7-4-16-9(13)5-15-7/h4-5,8H,6H2,1-3H3,(H2,14,19)(H,17,18). The summed E-state index contributed by atoms with van der Waals surface area (Å²) in [4.78, 5) is 30.4. The first-order chi connectivity index (χ1) is 9.20. The van der Waals surface area contributed by atoms with E-state index < -0.39 is 18.0 Å². The van der Waals surface area contributed by atoms with Crippen LogP contribution in [0.25, 0.3) is 0 Å². The molecule has 1 aromatic heterocycles. The van der Waals surface area contributed by atoms with Gasteiger partial charge in [-0.2, -0.15) is 0 Å². The number of amides is 2. The molecule has 0 aliphatic heterocycles. The second-order valence-corrected chi connectivity index (χ2v) is 5.63. The van der Waals surface area contributed by atoms with Gasteiger partial charge in [0.1, 0.15) is 17.5 Å². The number of aromatic nitrogens is 2.